The number of aliphatic hydroxyl groups is 2. The molecule has 17 heavy (non-hydrogen) atoms. The number of hydrogen-bond donors (Lipinski definition) is 4. The van der Waals surface area contributed by atoms with Gasteiger partial charge in [-0.3, -0.25) is 0 Å². The van der Waals surface area contributed by atoms with Gasteiger partial charge in [0.15, 0.2) is 0 Å². The van der Waals surface area contributed by atoms with Crippen molar-refractivity contribution in [2.75, 3.05) is 6.54 Å². The number of nitrogens with one attached hydrogen (secondary N) is 1. The van der Waals surface area contributed by atoms with E-state index in [9.17, 15) is 10.2 Å². The topological polar surface area (TPSA) is 108 Å². The number of halogens is 2. The highest BCUT2D eigenvalue weighted by Crippen LogP contribution is 2.30. The quantitative estimate of drug-likeness (QED) is 0.486. The van der Waals surface area contributed by atoms with E-state index >= 15 is 0 Å². The van der Waals surface area contributed by atoms with Gasteiger partial charge >= 0.3 is 0 Å². The fraction of sp³-hybridized carbons (Fsp3) is 0.333. The second-order valence-electron chi connectivity index (χ2n) is 3.50. The van der Waals surface area contributed by atoms with Crippen molar-refractivity contribution in [2.24, 2.45) is 5.73 Å². The van der Waals surface area contributed by atoms with E-state index in [0.717, 1.165) is 0 Å². The molecular weight excluding hydrogens is 267 g/mol. The summed E-state index contributed by atoms with van der Waals surface area (Å²) in [6, 6.07) is 0. The number of aromatic amines is 1. The molecule has 0 saturated carbocycles. The van der Waals surface area contributed by atoms with Crippen LogP contribution in [0.15, 0.2) is 6.20 Å². The third kappa shape index (κ3) is 2.22. The molecule has 8 heteroatoms. The van der Waals surface area contributed by atoms with Crippen molar-refractivity contribution >= 4 is 34.2 Å². The zero-order chi connectivity index (χ0) is 12.6. The second kappa shape index (κ2) is 4.75. The molecule has 0 amide bonds. The largest absolute Gasteiger partial charge is 0.389 e. The Morgan fingerprint density at radius 2 is 2.06 bits per heavy atom. The van der Waals surface area contributed by atoms with Gasteiger partial charge in [0, 0.05) is 18.3 Å². The number of hydrogen-bond acceptors (Lipinski definition) is 5. The van der Waals surface area contributed by atoms with Gasteiger partial charge in [0.05, 0.1) is 11.5 Å². The first-order valence-electron chi connectivity index (χ1n) is 4.80. The second-order valence-corrected chi connectivity index (χ2v) is 4.20. The first-order valence-corrected chi connectivity index (χ1v) is 5.56. The van der Waals surface area contributed by atoms with Crippen molar-refractivity contribution in [1.29, 1.82) is 0 Å². The number of aliphatic hydroxyl groups excluding tert-OH is 2. The minimum atomic E-state index is -1.16. The van der Waals surface area contributed by atoms with Crippen molar-refractivity contribution in [1.82, 2.24) is 15.0 Å². The van der Waals surface area contributed by atoms with Gasteiger partial charge in [-0.05, 0) is 11.6 Å². The Hall–Kier alpha value is -0.920. The molecule has 2 unspecified atom stereocenters. The lowest BCUT2D eigenvalue weighted by molar-refractivity contribution is 0.0252. The van der Waals surface area contributed by atoms with E-state index < -0.39 is 12.2 Å². The molecule has 0 aliphatic carbocycles. The molecule has 2 aromatic rings. The molecule has 2 heterocycles. The van der Waals surface area contributed by atoms with E-state index in [-0.39, 0.29) is 17.0 Å². The molecule has 92 valence electrons. The van der Waals surface area contributed by atoms with Gasteiger partial charge in [-0.2, -0.15) is 4.98 Å². The summed E-state index contributed by atoms with van der Waals surface area (Å²) in [7, 11) is 0. The van der Waals surface area contributed by atoms with Crippen molar-refractivity contribution < 1.29 is 10.2 Å². The zero-order valence-electron chi connectivity index (χ0n) is 8.56. The van der Waals surface area contributed by atoms with Crippen LogP contribution in [0.25, 0.3) is 11.0 Å². The maximum absolute atomic E-state index is 9.87. The normalized spacial score (nSPS) is 15.1. The SMILES string of the molecule is NCC(O)C(O)c1c[nH]c2nc(Cl)nc(Cl)c12. The lowest BCUT2D eigenvalue weighted by Gasteiger charge is -2.15. The maximum Gasteiger partial charge on any atom is 0.225 e. The highest BCUT2D eigenvalue weighted by Gasteiger charge is 2.22. The Bertz CT molecular complexity index is 545. The van der Waals surface area contributed by atoms with E-state index in [1.807, 2.05) is 0 Å². The number of H-pyrrole nitrogens is 1. The average molecular weight is 277 g/mol. The van der Waals surface area contributed by atoms with Crippen LogP contribution < -0.4 is 5.73 Å². The van der Waals surface area contributed by atoms with E-state index in [1.165, 1.54) is 6.20 Å². The molecule has 0 radical (unpaired) electrons. The van der Waals surface area contributed by atoms with Crippen LogP contribution in [0.4, 0.5) is 0 Å². The Balaban J connectivity index is 2.56. The zero-order valence-corrected chi connectivity index (χ0v) is 10.1. The van der Waals surface area contributed by atoms with Crippen LogP contribution in [0.2, 0.25) is 10.4 Å². The number of rotatable bonds is 3. The number of nitrogens with zero attached hydrogens (tertiary/aromatic N) is 2. The standard InChI is InChI=1S/C9H10Cl2N4O2/c10-7-5-3(6(17)4(16)1-12)2-13-8(5)15-9(11)14-7/h2,4,6,16-17H,1,12H2,(H,13,14,15). The van der Waals surface area contributed by atoms with Gasteiger partial charge in [0.1, 0.15) is 16.9 Å². The molecule has 0 bridgehead atoms. The Kier molecular flexibility index (Phi) is 3.50. The predicted molar refractivity (Wildman–Crippen MR) is 63.9 cm³/mol. The number of nitrogens with two attached hydrogens (primary N) is 1. The van der Waals surface area contributed by atoms with Gasteiger partial charge in [0.2, 0.25) is 5.28 Å². The third-order valence-corrected chi connectivity index (χ3v) is 2.86. The van der Waals surface area contributed by atoms with Crippen LogP contribution in [-0.2, 0) is 0 Å². The fourth-order valence-electron chi connectivity index (χ4n) is 1.56. The first kappa shape index (κ1) is 12.5. The van der Waals surface area contributed by atoms with Crippen LogP contribution in [0.5, 0.6) is 0 Å². The van der Waals surface area contributed by atoms with Crippen LogP contribution in [0, 0.1) is 0 Å². The maximum atomic E-state index is 9.87. The summed E-state index contributed by atoms with van der Waals surface area (Å²) in [6.45, 7) is -0.0695. The van der Waals surface area contributed by atoms with E-state index in [4.69, 9.17) is 28.9 Å². The molecule has 5 N–H and O–H groups in total. The van der Waals surface area contributed by atoms with Crippen LogP contribution in [0.1, 0.15) is 11.7 Å². The van der Waals surface area contributed by atoms with Gasteiger partial charge in [-0.1, -0.05) is 11.6 Å². The Morgan fingerprint density at radius 3 is 2.71 bits per heavy atom. The molecule has 0 aromatic carbocycles. The summed E-state index contributed by atoms with van der Waals surface area (Å²) in [5.41, 5.74) is 6.06. The first-order chi connectivity index (χ1) is 8.04. The smallest absolute Gasteiger partial charge is 0.225 e. The Morgan fingerprint density at radius 1 is 1.35 bits per heavy atom. The molecule has 2 rings (SSSR count). The minimum absolute atomic E-state index is 0.00441. The van der Waals surface area contributed by atoms with Crippen molar-refractivity contribution in [2.45, 2.75) is 12.2 Å². The molecule has 0 aliphatic heterocycles. The van der Waals surface area contributed by atoms with Crippen LogP contribution in [0.3, 0.4) is 0 Å². The predicted octanol–water partition coefficient (Wildman–Crippen LogP) is 0.618. The summed E-state index contributed by atoms with van der Waals surface area (Å²) in [4.78, 5) is 10.5. The molecule has 0 fully saturated rings. The van der Waals surface area contributed by atoms with Gasteiger partial charge in [-0.25, -0.2) is 4.98 Å². The lowest BCUT2D eigenvalue weighted by atomic mass is 10.1. The summed E-state index contributed by atoms with van der Waals surface area (Å²) in [6.07, 6.45) is -0.748. The molecular formula is C9H10Cl2N4O2. The van der Waals surface area contributed by atoms with Gasteiger partial charge < -0.3 is 20.9 Å². The molecule has 2 aromatic heterocycles. The summed E-state index contributed by atoms with van der Waals surface area (Å²) in [5.74, 6) is 0. The highest BCUT2D eigenvalue weighted by atomic mass is 35.5. The monoisotopic (exact) mass is 276 g/mol. The summed E-state index contributed by atoms with van der Waals surface area (Å²) in [5, 5.41) is 19.9. The van der Waals surface area contributed by atoms with Crippen molar-refractivity contribution in [3.8, 4) is 0 Å². The van der Waals surface area contributed by atoms with Crippen LogP contribution >= 0.6 is 23.2 Å². The van der Waals surface area contributed by atoms with Gasteiger partial charge in [-0.15, -0.1) is 0 Å². The van der Waals surface area contributed by atoms with Crippen molar-refractivity contribution in [3.05, 3.63) is 22.2 Å². The third-order valence-electron chi connectivity index (χ3n) is 2.42. The number of fused-ring (bicyclic) bond motifs is 1. The fourth-order valence-corrected chi connectivity index (χ4v) is 2.05. The molecule has 0 saturated heterocycles. The molecule has 0 spiro atoms. The molecule has 0 aliphatic rings. The van der Waals surface area contributed by atoms with Crippen LogP contribution in [-0.4, -0.2) is 37.8 Å². The number of aromatic nitrogens is 3. The molecule has 2 atom stereocenters. The molecule has 6 nitrogen and oxygen atoms in total. The van der Waals surface area contributed by atoms with E-state index in [0.29, 0.717) is 16.6 Å². The van der Waals surface area contributed by atoms with E-state index in [1.54, 1.807) is 0 Å². The Labute approximate surface area is 106 Å². The minimum Gasteiger partial charge on any atom is -0.389 e. The summed E-state index contributed by atoms with van der Waals surface area (Å²) < 4.78 is 0. The average Bonchev–Trinajstić information content (AvgIpc) is 2.70. The highest BCUT2D eigenvalue weighted by molar-refractivity contribution is 6.35. The van der Waals surface area contributed by atoms with Crippen molar-refractivity contribution in [3.63, 3.8) is 0 Å². The lowest BCUT2D eigenvalue weighted by Crippen LogP contribution is -2.27. The summed E-state index contributed by atoms with van der Waals surface area (Å²) >= 11 is 11.6. The van der Waals surface area contributed by atoms with E-state index in [2.05, 4.69) is 15.0 Å². The van der Waals surface area contributed by atoms with Gasteiger partial charge in [0.25, 0.3) is 0 Å².